The normalized spacial score (nSPS) is 10.1. The van der Waals surface area contributed by atoms with Gasteiger partial charge in [-0.25, -0.2) is 0 Å². The third-order valence-electron chi connectivity index (χ3n) is 2.54. The van der Waals surface area contributed by atoms with Gasteiger partial charge in [0.25, 0.3) is 0 Å². The second-order valence-electron chi connectivity index (χ2n) is 3.73. The highest BCUT2D eigenvalue weighted by atomic mass is 16.6. The van der Waals surface area contributed by atoms with E-state index in [9.17, 15) is 15.2 Å². The van der Waals surface area contributed by atoms with Crippen LogP contribution in [0.1, 0.15) is 5.56 Å². The number of para-hydroxylation sites is 2. The minimum atomic E-state index is -0.506. The van der Waals surface area contributed by atoms with E-state index < -0.39 is 4.92 Å². The van der Waals surface area contributed by atoms with E-state index in [4.69, 9.17) is 4.74 Å². The summed E-state index contributed by atoms with van der Waals surface area (Å²) in [5.41, 5.74) is 0.427. The maximum absolute atomic E-state index is 10.8. The molecule has 0 radical (unpaired) electrons. The van der Waals surface area contributed by atoms with Gasteiger partial charge < -0.3 is 9.84 Å². The highest BCUT2D eigenvalue weighted by Gasteiger charge is 2.15. The topological polar surface area (TPSA) is 72.6 Å². The molecule has 0 heterocycles. The Morgan fingerprint density at radius 3 is 2.50 bits per heavy atom. The lowest BCUT2D eigenvalue weighted by Gasteiger charge is -2.09. The highest BCUT2D eigenvalue weighted by Crippen LogP contribution is 2.34. The quantitative estimate of drug-likeness (QED) is 0.664. The van der Waals surface area contributed by atoms with Crippen molar-refractivity contribution in [3.05, 3.63) is 58.1 Å². The van der Waals surface area contributed by atoms with Crippen LogP contribution in [0.5, 0.6) is 17.2 Å². The van der Waals surface area contributed by atoms with Crippen molar-refractivity contribution in [3.63, 3.8) is 0 Å². The standard InChI is InChI=1S/C13H11NO4/c1-9-11(15)6-4-8-12(9)18-13-7-3-2-5-10(13)14(16)17/h2-8,15H,1H3. The van der Waals surface area contributed by atoms with E-state index in [1.807, 2.05) is 0 Å². The fourth-order valence-corrected chi connectivity index (χ4v) is 1.53. The number of nitro benzene ring substituents is 1. The molecule has 2 aromatic carbocycles. The predicted molar refractivity (Wildman–Crippen MR) is 66.0 cm³/mol. The maximum atomic E-state index is 10.8. The first-order valence-electron chi connectivity index (χ1n) is 5.29. The van der Waals surface area contributed by atoms with Gasteiger partial charge in [-0.2, -0.15) is 0 Å². The van der Waals surface area contributed by atoms with Crippen molar-refractivity contribution >= 4 is 5.69 Å². The third kappa shape index (κ3) is 2.24. The van der Waals surface area contributed by atoms with Crippen molar-refractivity contribution in [3.8, 4) is 17.2 Å². The molecule has 0 aliphatic heterocycles. The van der Waals surface area contributed by atoms with Gasteiger partial charge in [-0.1, -0.05) is 18.2 Å². The number of rotatable bonds is 3. The summed E-state index contributed by atoms with van der Waals surface area (Å²) in [4.78, 5) is 10.3. The zero-order valence-corrected chi connectivity index (χ0v) is 9.66. The summed E-state index contributed by atoms with van der Waals surface area (Å²) in [5.74, 6) is 0.631. The Morgan fingerprint density at radius 1 is 1.11 bits per heavy atom. The van der Waals surface area contributed by atoms with Crippen LogP contribution >= 0.6 is 0 Å². The van der Waals surface area contributed by atoms with Crippen molar-refractivity contribution in [2.45, 2.75) is 6.92 Å². The van der Waals surface area contributed by atoms with Gasteiger partial charge in [-0.15, -0.1) is 0 Å². The minimum Gasteiger partial charge on any atom is -0.508 e. The molecule has 0 aliphatic rings. The molecule has 5 heteroatoms. The number of nitro groups is 1. The van der Waals surface area contributed by atoms with E-state index >= 15 is 0 Å². The van der Waals surface area contributed by atoms with Crippen LogP contribution in [-0.4, -0.2) is 10.0 Å². The van der Waals surface area contributed by atoms with Gasteiger partial charge in [0.15, 0.2) is 0 Å². The second kappa shape index (κ2) is 4.75. The largest absolute Gasteiger partial charge is 0.508 e. The summed E-state index contributed by atoms with van der Waals surface area (Å²) in [5, 5.41) is 20.4. The third-order valence-corrected chi connectivity index (χ3v) is 2.54. The Kier molecular flexibility index (Phi) is 3.14. The average molecular weight is 245 g/mol. The number of phenols is 1. The van der Waals surface area contributed by atoms with Crippen LogP contribution < -0.4 is 4.74 Å². The molecule has 0 saturated carbocycles. The molecule has 0 unspecified atom stereocenters. The van der Waals surface area contributed by atoms with E-state index in [1.54, 1.807) is 31.2 Å². The SMILES string of the molecule is Cc1c(O)cccc1Oc1ccccc1[N+](=O)[O-]. The van der Waals surface area contributed by atoms with Gasteiger partial charge in [-0.3, -0.25) is 10.1 Å². The van der Waals surface area contributed by atoms with Crippen molar-refractivity contribution in [1.29, 1.82) is 0 Å². The lowest BCUT2D eigenvalue weighted by Crippen LogP contribution is -1.94. The molecule has 0 saturated heterocycles. The van der Waals surface area contributed by atoms with Gasteiger partial charge in [0, 0.05) is 11.6 Å². The van der Waals surface area contributed by atoms with Crippen LogP contribution in [0.2, 0.25) is 0 Å². The molecular weight excluding hydrogens is 234 g/mol. The molecule has 1 N–H and O–H groups in total. The number of aromatic hydroxyl groups is 1. The molecule has 18 heavy (non-hydrogen) atoms. The van der Waals surface area contributed by atoms with Crippen LogP contribution in [0.4, 0.5) is 5.69 Å². The smallest absolute Gasteiger partial charge is 0.311 e. The number of nitrogens with zero attached hydrogens (tertiary/aromatic N) is 1. The van der Waals surface area contributed by atoms with Crippen molar-refractivity contribution < 1.29 is 14.8 Å². The number of phenolic OH excluding ortho intramolecular Hbond substituents is 1. The molecule has 92 valence electrons. The Labute approximate surface area is 103 Å². The van der Waals surface area contributed by atoms with Crippen LogP contribution in [0.3, 0.4) is 0 Å². The van der Waals surface area contributed by atoms with Gasteiger partial charge in [0.05, 0.1) is 4.92 Å². The number of hydrogen-bond donors (Lipinski definition) is 1. The van der Waals surface area contributed by atoms with Gasteiger partial charge in [-0.05, 0) is 25.1 Å². The molecule has 2 aromatic rings. The molecule has 0 amide bonds. The molecule has 2 rings (SSSR count). The molecular formula is C13H11NO4. The molecule has 0 spiro atoms. The molecule has 0 atom stereocenters. The zero-order valence-electron chi connectivity index (χ0n) is 9.66. The molecule has 0 bridgehead atoms. The summed E-state index contributed by atoms with van der Waals surface area (Å²) in [6.07, 6.45) is 0. The highest BCUT2D eigenvalue weighted by molar-refractivity contribution is 5.51. The first kappa shape index (κ1) is 11.9. The Balaban J connectivity index is 2.40. The van der Waals surface area contributed by atoms with Crippen LogP contribution in [0.25, 0.3) is 0 Å². The van der Waals surface area contributed by atoms with Crippen LogP contribution in [0, 0.1) is 17.0 Å². The zero-order chi connectivity index (χ0) is 13.1. The first-order valence-corrected chi connectivity index (χ1v) is 5.29. The van der Waals surface area contributed by atoms with E-state index in [2.05, 4.69) is 0 Å². The fourth-order valence-electron chi connectivity index (χ4n) is 1.53. The Bertz CT molecular complexity index is 595. The molecule has 0 fully saturated rings. The lowest BCUT2D eigenvalue weighted by molar-refractivity contribution is -0.385. The van der Waals surface area contributed by atoms with Gasteiger partial charge in [0.2, 0.25) is 5.75 Å². The van der Waals surface area contributed by atoms with E-state index in [1.165, 1.54) is 18.2 Å². The van der Waals surface area contributed by atoms with Crippen LogP contribution in [-0.2, 0) is 0 Å². The van der Waals surface area contributed by atoms with E-state index in [-0.39, 0.29) is 17.2 Å². The first-order chi connectivity index (χ1) is 8.59. The summed E-state index contributed by atoms with van der Waals surface area (Å²) in [6, 6.07) is 10.9. The Hall–Kier alpha value is -2.56. The predicted octanol–water partition coefficient (Wildman–Crippen LogP) is 3.40. The van der Waals surface area contributed by atoms with E-state index in [0.29, 0.717) is 11.3 Å². The van der Waals surface area contributed by atoms with Crippen molar-refractivity contribution in [2.75, 3.05) is 0 Å². The molecule has 0 aromatic heterocycles. The van der Waals surface area contributed by atoms with Crippen molar-refractivity contribution in [2.24, 2.45) is 0 Å². The minimum absolute atomic E-state index is 0.0890. The van der Waals surface area contributed by atoms with Crippen molar-refractivity contribution in [1.82, 2.24) is 0 Å². The fraction of sp³-hybridized carbons (Fsp3) is 0.0769. The summed E-state index contributed by atoms with van der Waals surface area (Å²) >= 11 is 0. The summed E-state index contributed by atoms with van der Waals surface area (Å²) in [7, 11) is 0. The second-order valence-corrected chi connectivity index (χ2v) is 3.73. The maximum Gasteiger partial charge on any atom is 0.311 e. The number of hydrogen-bond acceptors (Lipinski definition) is 4. The van der Waals surface area contributed by atoms with Gasteiger partial charge in [0.1, 0.15) is 11.5 Å². The average Bonchev–Trinajstić information content (AvgIpc) is 2.35. The van der Waals surface area contributed by atoms with Gasteiger partial charge >= 0.3 is 5.69 Å². The monoisotopic (exact) mass is 245 g/mol. The number of benzene rings is 2. The number of ether oxygens (including phenoxy) is 1. The lowest BCUT2D eigenvalue weighted by atomic mass is 10.2. The summed E-state index contributed by atoms with van der Waals surface area (Å²) < 4.78 is 5.48. The molecule has 5 nitrogen and oxygen atoms in total. The Morgan fingerprint density at radius 2 is 1.78 bits per heavy atom. The van der Waals surface area contributed by atoms with Crippen LogP contribution in [0.15, 0.2) is 42.5 Å². The van der Waals surface area contributed by atoms with E-state index in [0.717, 1.165) is 0 Å². The summed E-state index contributed by atoms with van der Waals surface area (Å²) in [6.45, 7) is 1.68. The molecule has 0 aliphatic carbocycles.